The Balaban J connectivity index is 1.73. The van der Waals surface area contributed by atoms with Crippen LogP contribution in [0.2, 0.25) is 0 Å². The number of nitrogens with one attached hydrogen (secondary N) is 1. The van der Waals surface area contributed by atoms with Crippen LogP contribution in [0.25, 0.3) is 10.9 Å². The molecule has 0 atom stereocenters. The second-order valence-corrected chi connectivity index (χ2v) is 10.5. The number of nitrogens with zero attached hydrogens (tertiary/aromatic N) is 1. The molecular weight excluding hydrogens is 368 g/mol. The summed E-state index contributed by atoms with van der Waals surface area (Å²) < 4.78 is 29.2. The summed E-state index contributed by atoms with van der Waals surface area (Å²) in [6, 6.07) is 13.6. The van der Waals surface area contributed by atoms with E-state index >= 15 is 0 Å². The molecule has 0 saturated heterocycles. The van der Waals surface area contributed by atoms with E-state index in [-0.39, 0.29) is 5.41 Å². The van der Waals surface area contributed by atoms with Gasteiger partial charge in [-0.25, -0.2) is 12.4 Å². The molecule has 2 aromatic carbocycles. The SMILES string of the molecule is CC1(C)CNCc2cc(S(=O)(=O)n3c4c(c5ccccc53)CCCC4)ccc21. The minimum atomic E-state index is -3.65. The zero-order chi connectivity index (χ0) is 19.5. The van der Waals surface area contributed by atoms with Gasteiger partial charge in [-0.3, -0.25) is 0 Å². The molecule has 4 nitrogen and oxygen atoms in total. The van der Waals surface area contributed by atoms with Crippen molar-refractivity contribution in [3.8, 4) is 0 Å². The fraction of sp³-hybridized carbons (Fsp3) is 0.391. The van der Waals surface area contributed by atoms with Crippen LogP contribution in [-0.2, 0) is 34.8 Å². The zero-order valence-corrected chi connectivity index (χ0v) is 17.3. The number of fused-ring (bicyclic) bond motifs is 4. The van der Waals surface area contributed by atoms with Crippen molar-refractivity contribution in [3.63, 3.8) is 0 Å². The topological polar surface area (TPSA) is 51.1 Å². The Morgan fingerprint density at radius 3 is 2.68 bits per heavy atom. The Kier molecular flexibility index (Phi) is 3.97. The van der Waals surface area contributed by atoms with Gasteiger partial charge < -0.3 is 5.32 Å². The lowest BCUT2D eigenvalue weighted by molar-refractivity contribution is 0.434. The summed E-state index contributed by atoms with van der Waals surface area (Å²) in [5, 5.41) is 4.51. The first-order valence-corrected chi connectivity index (χ1v) is 11.5. The van der Waals surface area contributed by atoms with E-state index in [9.17, 15) is 8.42 Å². The minimum absolute atomic E-state index is 0.00911. The first-order chi connectivity index (χ1) is 13.4. The van der Waals surface area contributed by atoms with Crippen molar-refractivity contribution in [2.75, 3.05) is 6.54 Å². The highest BCUT2D eigenvalue weighted by atomic mass is 32.2. The fourth-order valence-electron chi connectivity index (χ4n) is 4.98. The quantitative estimate of drug-likeness (QED) is 0.711. The number of rotatable bonds is 2. The largest absolute Gasteiger partial charge is 0.312 e. The molecule has 0 bridgehead atoms. The molecule has 5 heteroatoms. The average Bonchev–Trinajstić information content (AvgIpc) is 3.03. The van der Waals surface area contributed by atoms with E-state index in [4.69, 9.17) is 0 Å². The Morgan fingerprint density at radius 2 is 1.82 bits per heavy atom. The van der Waals surface area contributed by atoms with Gasteiger partial charge in [-0.2, -0.15) is 0 Å². The van der Waals surface area contributed by atoms with E-state index < -0.39 is 10.0 Å². The van der Waals surface area contributed by atoms with Crippen LogP contribution in [0, 0.1) is 0 Å². The third kappa shape index (κ3) is 2.56. The highest BCUT2D eigenvalue weighted by Gasteiger charge is 2.31. The Hall–Kier alpha value is -2.11. The molecule has 146 valence electrons. The summed E-state index contributed by atoms with van der Waals surface area (Å²) in [6.45, 7) is 6.01. The second-order valence-electron chi connectivity index (χ2n) is 8.73. The van der Waals surface area contributed by atoms with Crippen LogP contribution in [-0.4, -0.2) is 18.9 Å². The molecule has 1 aliphatic heterocycles. The van der Waals surface area contributed by atoms with Crippen LogP contribution in [0.1, 0.15) is 49.1 Å². The standard InChI is InChI=1S/C23H26N2O2S/c1-23(2)15-24-14-16-13-17(11-12-20(16)23)28(26,27)25-21-9-5-3-7-18(21)19-8-4-6-10-22(19)25/h3,5,7,9,11-13,24H,4,6,8,10,14-15H2,1-2H3. The van der Waals surface area contributed by atoms with Crippen LogP contribution in [0.5, 0.6) is 0 Å². The lowest BCUT2D eigenvalue weighted by atomic mass is 9.79. The predicted octanol–water partition coefficient (Wildman–Crippen LogP) is 4.14. The third-order valence-electron chi connectivity index (χ3n) is 6.36. The molecule has 28 heavy (non-hydrogen) atoms. The Morgan fingerprint density at radius 1 is 1.04 bits per heavy atom. The van der Waals surface area contributed by atoms with Gasteiger partial charge in [0.1, 0.15) is 0 Å². The van der Waals surface area contributed by atoms with E-state index in [0.29, 0.717) is 11.4 Å². The van der Waals surface area contributed by atoms with E-state index in [1.807, 2.05) is 30.3 Å². The lowest BCUT2D eigenvalue weighted by Gasteiger charge is -2.33. The molecule has 5 rings (SSSR count). The van der Waals surface area contributed by atoms with Crippen LogP contribution in [0.15, 0.2) is 47.4 Å². The predicted molar refractivity (Wildman–Crippen MR) is 112 cm³/mol. The summed E-state index contributed by atoms with van der Waals surface area (Å²) >= 11 is 0. The molecule has 0 amide bonds. The smallest absolute Gasteiger partial charge is 0.268 e. The summed E-state index contributed by atoms with van der Waals surface area (Å²) in [6.07, 6.45) is 3.95. The summed E-state index contributed by atoms with van der Waals surface area (Å²) in [4.78, 5) is 0.389. The fourth-order valence-corrected chi connectivity index (χ4v) is 6.63. The molecule has 2 heterocycles. The zero-order valence-electron chi connectivity index (χ0n) is 16.5. The van der Waals surface area contributed by atoms with E-state index in [1.165, 1.54) is 11.1 Å². The van der Waals surface area contributed by atoms with Crippen molar-refractivity contribution in [2.45, 2.75) is 56.4 Å². The van der Waals surface area contributed by atoms with Crippen molar-refractivity contribution in [3.05, 3.63) is 64.8 Å². The molecule has 0 radical (unpaired) electrons. The third-order valence-corrected chi connectivity index (χ3v) is 8.11. The number of benzene rings is 2. The number of hydrogen-bond donors (Lipinski definition) is 1. The first kappa shape index (κ1) is 18.0. The summed E-state index contributed by atoms with van der Waals surface area (Å²) in [5.41, 5.74) is 5.34. The van der Waals surface area contributed by atoms with Crippen molar-refractivity contribution in [1.82, 2.24) is 9.29 Å². The monoisotopic (exact) mass is 394 g/mol. The molecule has 3 aromatic rings. The number of aryl methyl sites for hydroxylation is 1. The van der Waals surface area contributed by atoms with Gasteiger partial charge in [-0.1, -0.05) is 38.1 Å². The molecule has 1 N–H and O–H groups in total. The van der Waals surface area contributed by atoms with Gasteiger partial charge in [0, 0.05) is 29.6 Å². The van der Waals surface area contributed by atoms with Crippen LogP contribution < -0.4 is 5.32 Å². The van der Waals surface area contributed by atoms with Crippen LogP contribution in [0.3, 0.4) is 0 Å². The first-order valence-electron chi connectivity index (χ1n) is 10.1. The minimum Gasteiger partial charge on any atom is -0.312 e. The highest BCUT2D eigenvalue weighted by Crippen LogP contribution is 2.36. The summed E-state index contributed by atoms with van der Waals surface area (Å²) in [7, 11) is -3.65. The van der Waals surface area contributed by atoms with Gasteiger partial charge in [-0.15, -0.1) is 0 Å². The van der Waals surface area contributed by atoms with Crippen molar-refractivity contribution < 1.29 is 8.42 Å². The van der Waals surface area contributed by atoms with Gasteiger partial charge in [0.2, 0.25) is 0 Å². The van der Waals surface area contributed by atoms with Gasteiger partial charge in [0.25, 0.3) is 10.0 Å². The van der Waals surface area contributed by atoms with E-state index in [2.05, 4.69) is 25.2 Å². The summed E-state index contributed by atoms with van der Waals surface area (Å²) in [5.74, 6) is 0. The van der Waals surface area contributed by atoms with E-state index in [0.717, 1.165) is 54.4 Å². The molecule has 0 fully saturated rings. The van der Waals surface area contributed by atoms with Crippen molar-refractivity contribution >= 4 is 20.9 Å². The Bertz CT molecular complexity index is 1190. The second kappa shape index (κ2) is 6.19. The molecule has 0 spiro atoms. The van der Waals surface area contributed by atoms with Crippen LogP contribution in [0.4, 0.5) is 0 Å². The van der Waals surface area contributed by atoms with E-state index in [1.54, 1.807) is 10.0 Å². The number of hydrogen-bond acceptors (Lipinski definition) is 3. The maximum Gasteiger partial charge on any atom is 0.268 e. The lowest BCUT2D eigenvalue weighted by Crippen LogP contribution is -2.38. The number of para-hydroxylation sites is 1. The van der Waals surface area contributed by atoms with Crippen molar-refractivity contribution in [2.24, 2.45) is 0 Å². The Labute approximate surface area is 166 Å². The van der Waals surface area contributed by atoms with Gasteiger partial charge in [-0.05, 0) is 60.6 Å². The molecular formula is C23H26N2O2S. The maximum atomic E-state index is 13.8. The highest BCUT2D eigenvalue weighted by molar-refractivity contribution is 7.90. The molecule has 0 unspecified atom stereocenters. The average molecular weight is 395 g/mol. The number of aromatic nitrogens is 1. The molecule has 0 saturated carbocycles. The molecule has 2 aliphatic rings. The van der Waals surface area contributed by atoms with Crippen molar-refractivity contribution in [1.29, 1.82) is 0 Å². The normalized spacial score (nSPS) is 18.6. The molecule has 1 aromatic heterocycles. The van der Waals surface area contributed by atoms with Gasteiger partial charge in [0.15, 0.2) is 0 Å². The van der Waals surface area contributed by atoms with Gasteiger partial charge >= 0.3 is 0 Å². The van der Waals surface area contributed by atoms with Gasteiger partial charge in [0.05, 0.1) is 10.4 Å². The van der Waals surface area contributed by atoms with Crippen LogP contribution >= 0.6 is 0 Å². The molecule has 1 aliphatic carbocycles. The maximum absolute atomic E-state index is 13.8.